The maximum atomic E-state index is 12.0. The summed E-state index contributed by atoms with van der Waals surface area (Å²) in [5.74, 6) is -0.0569. The van der Waals surface area contributed by atoms with E-state index in [4.69, 9.17) is 5.26 Å². The van der Waals surface area contributed by atoms with Crippen molar-refractivity contribution in [3.8, 4) is 6.07 Å². The fraction of sp³-hybridized carbons (Fsp3) is 0.357. The predicted octanol–water partition coefficient (Wildman–Crippen LogP) is 2.66. The zero-order valence-electron chi connectivity index (χ0n) is 11.1. The summed E-state index contributed by atoms with van der Waals surface area (Å²) < 4.78 is 0. The zero-order chi connectivity index (χ0) is 14.3. The molecule has 0 unspecified atom stereocenters. The van der Waals surface area contributed by atoms with Gasteiger partial charge in [-0.15, -0.1) is 0 Å². The normalized spacial score (nSPS) is 9.53. The lowest BCUT2D eigenvalue weighted by Crippen LogP contribution is -2.35. The van der Waals surface area contributed by atoms with Gasteiger partial charge in [-0.25, -0.2) is 4.79 Å². The van der Waals surface area contributed by atoms with Crippen LogP contribution in [0.2, 0.25) is 0 Å². The summed E-state index contributed by atoms with van der Waals surface area (Å²) in [5.41, 5.74) is 1.09. The van der Waals surface area contributed by atoms with E-state index >= 15 is 0 Å². The van der Waals surface area contributed by atoms with Gasteiger partial charge < -0.3 is 10.2 Å². The van der Waals surface area contributed by atoms with Crippen LogP contribution in [0.3, 0.4) is 0 Å². The van der Waals surface area contributed by atoms with E-state index in [0.717, 1.165) is 6.42 Å². The molecule has 5 heteroatoms. The average Bonchev–Trinajstić information content (AvgIpc) is 2.38. The zero-order valence-corrected chi connectivity index (χ0v) is 11.1. The molecule has 5 nitrogen and oxygen atoms in total. The highest BCUT2D eigenvalue weighted by Crippen LogP contribution is 2.12. The standard InChI is InChI=1S/C14H17N3O2/c1-3-8-17(9-7-15)14(19)16-13-6-4-5-12(10-13)11(2)18/h4-6,10H,3,8-9H2,1-2H3,(H,16,19). The SMILES string of the molecule is CCCN(CC#N)C(=O)Nc1cccc(C(C)=O)c1. The molecule has 100 valence electrons. The fourth-order valence-corrected chi connectivity index (χ4v) is 1.63. The molecule has 0 spiro atoms. The number of benzene rings is 1. The number of carbonyl (C=O) groups excluding carboxylic acids is 2. The number of hydrogen-bond donors (Lipinski definition) is 1. The van der Waals surface area contributed by atoms with Gasteiger partial charge in [0.15, 0.2) is 5.78 Å². The van der Waals surface area contributed by atoms with Crippen LogP contribution in [0, 0.1) is 11.3 Å². The Morgan fingerprint density at radius 2 is 2.16 bits per heavy atom. The van der Waals surface area contributed by atoms with E-state index in [1.807, 2.05) is 13.0 Å². The number of rotatable bonds is 5. The molecule has 0 fully saturated rings. The van der Waals surface area contributed by atoms with E-state index in [2.05, 4.69) is 5.32 Å². The number of anilines is 1. The number of nitrogens with one attached hydrogen (secondary N) is 1. The van der Waals surface area contributed by atoms with Gasteiger partial charge in [0.2, 0.25) is 0 Å². The van der Waals surface area contributed by atoms with Crippen LogP contribution >= 0.6 is 0 Å². The van der Waals surface area contributed by atoms with Crippen LogP contribution in [0.5, 0.6) is 0 Å². The topological polar surface area (TPSA) is 73.2 Å². The molecular weight excluding hydrogens is 242 g/mol. The molecule has 0 atom stereocenters. The number of hydrogen-bond acceptors (Lipinski definition) is 3. The molecule has 0 aromatic heterocycles. The molecule has 1 aromatic rings. The quantitative estimate of drug-likeness (QED) is 0.652. The Morgan fingerprint density at radius 3 is 2.74 bits per heavy atom. The maximum absolute atomic E-state index is 12.0. The minimum Gasteiger partial charge on any atom is -0.311 e. The van der Waals surface area contributed by atoms with Crippen molar-refractivity contribution in [3.63, 3.8) is 0 Å². The lowest BCUT2D eigenvalue weighted by Gasteiger charge is -2.19. The van der Waals surface area contributed by atoms with Gasteiger partial charge in [0, 0.05) is 17.8 Å². The van der Waals surface area contributed by atoms with Crippen LogP contribution in [0.15, 0.2) is 24.3 Å². The summed E-state index contributed by atoms with van der Waals surface area (Å²) in [6.07, 6.45) is 0.780. The Kier molecular flexibility index (Phi) is 5.55. The highest BCUT2D eigenvalue weighted by atomic mass is 16.2. The van der Waals surface area contributed by atoms with Crippen molar-refractivity contribution in [2.75, 3.05) is 18.4 Å². The Balaban J connectivity index is 2.77. The van der Waals surface area contributed by atoms with E-state index in [-0.39, 0.29) is 18.4 Å². The van der Waals surface area contributed by atoms with Crippen molar-refractivity contribution in [3.05, 3.63) is 29.8 Å². The Morgan fingerprint density at radius 1 is 1.42 bits per heavy atom. The van der Waals surface area contributed by atoms with E-state index in [0.29, 0.717) is 17.8 Å². The monoisotopic (exact) mass is 259 g/mol. The number of Topliss-reactive ketones (excluding diaryl/α,β-unsaturated/α-hetero) is 1. The molecule has 0 saturated carbocycles. The number of nitriles is 1. The van der Waals surface area contributed by atoms with E-state index in [1.165, 1.54) is 11.8 Å². The van der Waals surface area contributed by atoms with Crippen LogP contribution in [0.25, 0.3) is 0 Å². The highest BCUT2D eigenvalue weighted by molar-refractivity contribution is 5.96. The average molecular weight is 259 g/mol. The predicted molar refractivity (Wildman–Crippen MR) is 72.9 cm³/mol. The van der Waals surface area contributed by atoms with Crippen molar-refractivity contribution < 1.29 is 9.59 Å². The molecule has 1 aromatic carbocycles. The smallest absolute Gasteiger partial charge is 0.311 e. The minimum atomic E-state index is -0.330. The number of urea groups is 1. The second kappa shape index (κ2) is 7.17. The maximum Gasteiger partial charge on any atom is 0.322 e. The van der Waals surface area contributed by atoms with Crippen molar-refractivity contribution in [2.24, 2.45) is 0 Å². The molecule has 0 aliphatic carbocycles. The van der Waals surface area contributed by atoms with Gasteiger partial charge in [-0.3, -0.25) is 4.79 Å². The number of amides is 2. The molecule has 0 heterocycles. The first kappa shape index (κ1) is 14.7. The van der Waals surface area contributed by atoms with Gasteiger partial charge in [-0.05, 0) is 25.5 Å². The van der Waals surface area contributed by atoms with Gasteiger partial charge in [-0.1, -0.05) is 19.1 Å². The summed E-state index contributed by atoms with van der Waals surface area (Å²) >= 11 is 0. The first-order chi connectivity index (χ1) is 9.08. The van der Waals surface area contributed by atoms with Crippen LogP contribution in [0.4, 0.5) is 10.5 Å². The summed E-state index contributed by atoms with van der Waals surface area (Å²) in [6, 6.07) is 8.36. The Bertz CT molecular complexity index is 506. The third kappa shape index (κ3) is 4.43. The van der Waals surface area contributed by atoms with Gasteiger partial charge >= 0.3 is 6.03 Å². The van der Waals surface area contributed by atoms with Crippen LogP contribution in [0.1, 0.15) is 30.6 Å². The third-order valence-electron chi connectivity index (χ3n) is 2.56. The van der Waals surface area contributed by atoms with Gasteiger partial charge in [0.05, 0.1) is 6.07 Å². The van der Waals surface area contributed by atoms with Crippen molar-refractivity contribution in [2.45, 2.75) is 20.3 Å². The molecule has 0 saturated heterocycles. The fourth-order valence-electron chi connectivity index (χ4n) is 1.63. The lowest BCUT2D eigenvalue weighted by molar-refractivity contribution is 0.101. The van der Waals surface area contributed by atoms with Crippen LogP contribution in [-0.4, -0.2) is 29.8 Å². The highest BCUT2D eigenvalue weighted by Gasteiger charge is 2.12. The van der Waals surface area contributed by atoms with Crippen LogP contribution in [-0.2, 0) is 0 Å². The summed E-state index contributed by atoms with van der Waals surface area (Å²) in [5, 5.41) is 11.4. The molecule has 1 N–H and O–H groups in total. The molecule has 0 radical (unpaired) electrons. The molecule has 0 aliphatic heterocycles. The Labute approximate surface area is 112 Å². The molecule has 2 amide bonds. The number of nitrogens with zero attached hydrogens (tertiary/aromatic N) is 2. The second-order valence-electron chi connectivity index (χ2n) is 4.15. The molecule has 0 bridgehead atoms. The third-order valence-corrected chi connectivity index (χ3v) is 2.56. The molecule has 19 heavy (non-hydrogen) atoms. The number of ketones is 1. The summed E-state index contributed by atoms with van der Waals surface area (Å²) in [7, 11) is 0. The van der Waals surface area contributed by atoms with Crippen molar-refractivity contribution >= 4 is 17.5 Å². The summed E-state index contributed by atoms with van der Waals surface area (Å²) in [6.45, 7) is 3.98. The van der Waals surface area contributed by atoms with Gasteiger partial charge in [-0.2, -0.15) is 5.26 Å². The molecule has 1 rings (SSSR count). The number of carbonyl (C=O) groups is 2. The van der Waals surface area contributed by atoms with E-state index in [9.17, 15) is 9.59 Å². The van der Waals surface area contributed by atoms with E-state index < -0.39 is 0 Å². The first-order valence-electron chi connectivity index (χ1n) is 6.12. The van der Waals surface area contributed by atoms with Crippen molar-refractivity contribution in [1.29, 1.82) is 5.26 Å². The van der Waals surface area contributed by atoms with Crippen molar-refractivity contribution in [1.82, 2.24) is 4.90 Å². The Hall–Kier alpha value is -2.35. The molecular formula is C14H17N3O2. The second-order valence-corrected chi connectivity index (χ2v) is 4.15. The lowest BCUT2D eigenvalue weighted by atomic mass is 10.1. The minimum absolute atomic E-state index is 0.0477. The summed E-state index contributed by atoms with van der Waals surface area (Å²) in [4.78, 5) is 24.6. The first-order valence-corrected chi connectivity index (χ1v) is 6.12. The van der Waals surface area contributed by atoms with Gasteiger partial charge in [0.1, 0.15) is 6.54 Å². The van der Waals surface area contributed by atoms with Crippen LogP contribution < -0.4 is 5.32 Å². The molecule has 0 aliphatic rings. The van der Waals surface area contributed by atoms with Gasteiger partial charge in [0.25, 0.3) is 0 Å². The van der Waals surface area contributed by atoms with E-state index in [1.54, 1.807) is 24.3 Å². The largest absolute Gasteiger partial charge is 0.322 e.